The number of nitrogens with two attached hydrogens (primary N) is 1. The topological polar surface area (TPSA) is 62.1 Å². The number of hydrogen-bond donors (Lipinski definition) is 2. The van der Waals surface area contributed by atoms with Crippen LogP contribution >= 0.6 is 47.2 Å². The van der Waals surface area contributed by atoms with Crippen molar-refractivity contribution < 1.29 is 4.79 Å². The molecule has 4 nitrogen and oxygen atoms in total. The van der Waals surface area contributed by atoms with Gasteiger partial charge in [0.05, 0.1) is 16.6 Å². The van der Waals surface area contributed by atoms with E-state index in [9.17, 15) is 4.79 Å². The Morgan fingerprint density at radius 2 is 1.89 bits per heavy atom. The fourth-order valence-corrected chi connectivity index (χ4v) is 3.92. The Labute approximate surface area is 178 Å². The number of nitrogens with zero attached hydrogens (tertiary/aromatic N) is 1. The van der Waals surface area contributed by atoms with Crippen LogP contribution in [-0.2, 0) is 17.8 Å². The summed E-state index contributed by atoms with van der Waals surface area (Å²) in [5.74, 6) is -0.134. The molecule has 1 unspecified atom stereocenters. The van der Waals surface area contributed by atoms with Crippen LogP contribution in [0.25, 0.3) is 10.9 Å². The van der Waals surface area contributed by atoms with E-state index in [0.717, 1.165) is 23.0 Å². The molecule has 0 spiro atoms. The van der Waals surface area contributed by atoms with Crippen molar-refractivity contribution in [2.75, 3.05) is 6.54 Å². The molecule has 8 heteroatoms. The van der Waals surface area contributed by atoms with Gasteiger partial charge in [-0.2, -0.15) is 0 Å². The van der Waals surface area contributed by atoms with Gasteiger partial charge >= 0.3 is 0 Å². The second-order valence-electron chi connectivity index (χ2n) is 6.43. The first-order valence-corrected chi connectivity index (χ1v) is 9.35. The third-order valence-electron chi connectivity index (χ3n) is 4.82. The molecular weight excluding hydrogens is 428 g/mol. The number of H-pyrrole nitrogens is 1. The maximum absolute atomic E-state index is 12.9. The van der Waals surface area contributed by atoms with Crippen molar-refractivity contribution in [1.29, 1.82) is 0 Å². The third-order valence-corrected chi connectivity index (χ3v) is 5.79. The number of carbonyl (C=O) groups excluding carboxylic acids is 1. The molecule has 1 aromatic heterocycles. The summed E-state index contributed by atoms with van der Waals surface area (Å²) in [6, 6.07) is 10.0. The van der Waals surface area contributed by atoms with Gasteiger partial charge in [-0.3, -0.25) is 4.79 Å². The van der Waals surface area contributed by atoms with E-state index in [1.54, 1.807) is 23.1 Å². The molecule has 0 radical (unpaired) electrons. The number of rotatable bonds is 2. The van der Waals surface area contributed by atoms with Crippen LogP contribution < -0.4 is 5.73 Å². The number of fused-ring (bicyclic) bond motifs is 3. The highest BCUT2D eigenvalue weighted by Crippen LogP contribution is 2.31. The first-order chi connectivity index (χ1) is 12.4. The van der Waals surface area contributed by atoms with Crippen LogP contribution in [0.15, 0.2) is 36.4 Å². The zero-order valence-corrected chi connectivity index (χ0v) is 17.2. The number of aromatic amines is 1. The first kappa shape index (κ1) is 20.3. The van der Waals surface area contributed by atoms with Crippen molar-refractivity contribution in [3.63, 3.8) is 0 Å². The molecule has 0 fully saturated rings. The van der Waals surface area contributed by atoms with E-state index in [2.05, 4.69) is 4.98 Å². The van der Waals surface area contributed by atoms with Crippen molar-refractivity contribution in [1.82, 2.24) is 9.88 Å². The lowest BCUT2D eigenvalue weighted by molar-refractivity contribution is -0.133. The summed E-state index contributed by atoms with van der Waals surface area (Å²) in [7, 11) is 0. The van der Waals surface area contributed by atoms with Gasteiger partial charge in [-0.1, -0.05) is 40.9 Å². The van der Waals surface area contributed by atoms with Crippen molar-refractivity contribution in [3.05, 3.63) is 68.3 Å². The molecule has 0 saturated carbocycles. The smallest absolute Gasteiger partial charge is 0.244 e. The fourth-order valence-electron chi connectivity index (χ4n) is 3.45. The standard InChI is InChI=1S/C19H16Cl3N3O.ClH/c20-11-2-4-16-13(8-11)12-5-6-25(9-17(12)24-16)19(26)18(23)10-1-3-14(21)15(22)7-10;/h1-4,7-8,18,24H,5-6,9,23H2;1H. The third kappa shape index (κ3) is 3.78. The van der Waals surface area contributed by atoms with Crippen LogP contribution in [0, 0.1) is 0 Å². The van der Waals surface area contributed by atoms with Gasteiger partial charge in [0, 0.05) is 28.2 Å². The molecule has 3 aromatic rings. The van der Waals surface area contributed by atoms with Crippen molar-refractivity contribution in [2.24, 2.45) is 5.73 Å². The summed E-state index contributed by atoms with van der Waals surface area (Å²) in [5, 5.41) is 2.66. The molecule has 1 atom stereocenters. The predicted octanol–water partition coefficient (Wildman–Crippen LogP) is 5.13. The number of aromatic nitrogens is 1. The molecule has 1 aliphatic heterocycles. The number of halogens is 4. The molecule has 2 heterocycles. The zero-order valence-electron chi connectivity index (χ0n) is 14.1. The van der Waals surface area contributed by atoms with Gasteiger partial charge in [0.1, 0.15) is 6.04 Å². The molecule has 0 bridgehead atoms. The van der Waals surface area contributed by atoms with Crippen LogP contribution in [0.3, 0.4) is 0 Å². The van der Waals surface area contributed by atoms with Gasteiger partial charge in [-0.05, 0) is 47.9 Å². The SMILES string of the molecule is Cl.NC(C(=O)N1CCc2c([nH]c3ccc(Cl)cc23)C1)c1ccc(Cl)c(Cl)c1. The summed E-state index contributed by atoms with van der Waals surface area (Å²) >= 11 is 18.1. The van der Waals surface area contributed by atoms with Gasteiger partial charge in [-0.15, -0.1) is 12.4 Å². The number of nitrogens with one attached hydrogen (secondary N) is 1. The van der Waals surface area contributed by atoms with Crippen LogP contribution in [0.4, 0.5) is 0 Å². The molecule has 4 rings (SSSR count). The summed E-state index contributed by atoms with van der Waals surface area (Å²) in [6.45, 7) is 1.11. The van der Waals surface area contributed by atoms with Crippen molar-refractivity contribution >= 4 is 64.0 Å². The van der Waals surface area contributed by atoms with Gasteiger partial charge in [0.15, 0.2) is 0 Å². The second-order valence-corrected chi connectivity index (χ2v) is 7.68. The Bertz CT molecular complexity index is 1020. The zero-order chi connectivity index (χ0) is 18.4. The fraction of sp³-hybridized carbons (Fsp3) is 0.211. The highest BCUT2D eigenvalue weighted by Gasteiger charge is 2.28. The molecule has 0 aliphatic carbocycles. The first-order valence-electron chi connectivity index (χ1n) is 8.22. The van der Waals surface area contributed by atoms with Crippen LogP contribution in [-0.4, -0.2) is 22.3 Å². The normalized spacial score (nSPS) is 14.6. The molecular formula is C19H17Cl4N3O. The predicted molar refractivity (Wildman–Crippen MR) is 113 cm³/mol. The van der Waals surface area contributed by atoms with E-state index in [1.807, 2.05) is 18.2 Å². The Hall–Kier alpha value is -1.43. The summed E-state index contributed by atoms with van der Waals surface area (Å²) < 4.78 is 0. The summed E-state index contributed by atoms with van der Waals surface area (Å²) in [6.07, 6.45) is 0.759. The van der Waals surface area contributed by atoms with E-state index < -0.39 is 6.04 Å². The Morgan fingerprint density at radius 3 is 2.63 bits per heavy atom. The Morgan fingerprint density at radius 1 is 1.11 bits per heavy atom. The lowest BCUT2D eigenvalue weighted by Crippen LogP contribution is -2.41. The van der Waals surface area contributed by atoms with E-state index >= 15 is 0 Å². The van der Waals surface area contributed by atoms with E-state index in [-0.39, 0.29) is 18.3 Å². The summed E-state index contributed by atoms with van der Waals surface area (Å²) in [5.41, 5.74) is 10.1. The van der Waals surface area contributed by atoms with Gasteiger partial charge < -0.3 is 15.6 Å². The minimum atomic E-state index is -0.773. The van der Waals surface area contributed by atoms with Crippen LogP contribution in [0.2, 0.25) is 15.1 Å². The number of hydrogen-bond acceptors (Lipinski definition) is 2. The number of carbonyl (C=O) groups is 1. The van der Waals surface area contributed by atoms with Gasteiger partial charge in [-0.25, -0.2) is 0 Å². The van der Waals surface area contributed by atoms with E-state index in [0.29, 0.717) is 33.7 Å². The Balaban J connectivity index is 0.00000210. The molecule has 0 saturated heterocycles. The molecule has 3 N–H and O–H groups in total. The minimum absolute atomic E-state index is 0. The van der Waals surface area contributed by atoms with Crippen LogP contribution in [0.1, 0.15) is 22.9 Å². The average molecular weight is 445 g/mol. The van der Waals surface area contributed by atoms with Crippen LogP contribution in [0.5, 0.6) is 0 Å². The van der Waals surface area contributed by atoms with Gasteiger partial charge in [0.2, 0.25) is 5.91 Å². The number of amides is 1. The van der Waals surface area contributed by atoms with E-state index in [1.165, 1.54) is 5.56 Å². The average Bonchev–Trinajstić information content (AvgIpc) is 2.99. The van der Waals surface area contributed by atoms with Gasteiger partial charge in [0.25, 0.3) is 0 Å². The summed E-state index contributed by atoms with van der Waals surface area (Å²) in [4.78, 5) is 18.0. The maximum Gasteiger partial charge on any atom is 0.244 e. The lowest BCUT2D eigenvalue weighted by Gasteiger charge is -2.29. The quantitative estimate of drug-likeness (QED) is 0.575. The Kier molecular flexibility index (Phi) is 5.94. The van der Waals surface area contributed by atoms with Crippen molar-refractivity contribution in [2.45, 2.75) is 19.0 Å². The van der Waals surface area contributed by atoms with E-state index in [4.69, 9.17) is 40.5 Å². The number of benzene rings is 2. The second kappa shape index (κ2) is 7.90. The minimum Gasteiger partial charge on any atom is -0.357 e. The molecule has 142 valence electrons. The highest BCUT2D eigenvalue weighted by atomic mass is 35.5. The molecule has 1 aliphatic rings. The largest absolute Gasteiger partial charge is 0.357 e. The maximum atomic E-state index is 12.9. The highest BCUT2D eigenvalue weighted by molar-refractivity contribution is 6.42. The van der Waals surface area contributed by atoms with Crippen molar-refractivity contribution in [3.8, 4) is 0 Å². The molecule has 2 aromatic carbocycles. The molecule has 1 amide bonds. The molecule has 27 heavy (non-hydrogen) atoms. The lowest BCUT2D eigenvalue weighted by atomic mass is 10.0. The monoisotopic (exact) mass is 443 g/mol.